The minimum Gasteiger partial charge on any atom is -0.316 e. The standard InChI is InChI=1S/C14H23N3/c1-15-13(7-10-8-16-17(2)9-10)14(11-3-4-11)12-5-6-12/h8-9,11-15H,3-7H2,1-2H3. The van der Waals surface area contributed by atoms with Crippen LogP contribution in [0.1, 0.15) is 31.2 Å². The van der Waals surface area contributed by atoms with E-state index in [1.807, 2.05) is 17.9 Å². The van der Waals surface area contributed by atoms with E-state index >= 15 is 0 Å². The minimum atomic E-state index is 0.652. The van der Waals surface area contributed by atoms with Crippen LogP contribution in [0.15, 0.2) is 12.4 Å². The zero-order valence-corrected chi connectivity index (χ0v) is 10.9. The van der Waals surface area contributed by atoms with E-state index in [1.54, 1.807) is 0 Å². The first-order valence-electron chi connectivity index (χ1n) is 6.92. The molecule has 0 bridgehead atoms. The van der Waals surface area contributed by atoms with Crippen LogP contribution in [-0.4, -0.2) is 22.9 Å². The van der Waals surface area contributed by atoms with Gasteiger partial charge in [-0.25, -0.2) is 0 Å². The molecule has 0 radical (unpaired) electrons. The molecule has 1 aromatic heterocycles. The molecular weight excluding hydrogens is 210 g/mol. The average Bonchev–Trinajstić information content (AvgIpc) is 3.20. The molecule has 0 saturated heterocycles. The molecule has 1 atom stereocenters. The highest BCUT2D eigenvalue weighted by atomic mass is 15.2. The molecule has 0 amide bonds. The summed E-state index contributed by atoms with van der Waals surface area (Å²) in [7, 11) is 4.12. The molecule has 2 saturated carbocycles. The molecule has 2 aliphatic carbocycles. The van der Waals surface area contributed by atoms with Crippen LogP contribution in [0.4, 0.5) is 0 Å². The van der Waals surface area contributed by atoms with E-state index in [0.29, 0.717) is 6.04 Å². The van der Waals surface area contributed by atoms with Crippen LogP contribution in [-0.2, 0) is 13.5 Å². The van der Waals surface area contributed by atoms with E-state index in [2.05, 4.69) is 23.7 Å². The zero-order valence-electron chi connectivity index (χ0n) is 10.9. The lowest BCUT2D eigenvalue weighted by Gasteiger charge is -2.26. The fraction of sp³-hybridized carbons (Fsp3) is 0.786. The van der Waals surface area contributed by atoms with E-state index in [0.717, 1.165) is 24.2 Å². The van der Waals surface area contributed by atoms with Crippen molar-refractivity contribution < 1.29 is 0 Å². The van der Waals surface area contributed by atoms with Crippen molar-refractivity contribution in [3.8, 4) is 0 Å². The fourth-order valence-electron chi connectivity index (χ4n) is 3.27. The monoisotopic (exact) mass is 233 g/mol. The lowest BCUT2D eigenvalue weighted by Crippen LogP contribution is -2.37. The molecule has 2 aliphatic rings. The molecule has 1 unspecified atom stereocenters. The summed E-state index contributed by atoms with van der Waals surface area (Å²) in [6.07, 6.45) is 11.2. The van der Waals surface area contributed by atoms with Crippen molar-refractivity contribution >= 4 is 0 Å². The molecule has 3 rings (SSSR count). The second kappa shape index (κ2) is 4.45. The normalized spacial score (nSPS) is 22.1. The Kier molecular flexibility index (Phi) is 2.95. The van der Waals surface area contributed by atoms with Crippen LogP contribution in [0.2, 0.25) is 0 Å². The molecule has 0 aromatic carbocycles. The molecular formula is C14H23N3. The second-order valence-corrected chi connectivity index (χ2v) is 5.87. The first kappa shape index (κ1) is 11.3. The van der Waals surface area contributed by atoms with E-state index in [1.165, 1.54) is 31.2 Å². The Morgan fingerprint density at radius 2 is 2.00 bits per heavy atom. The van der Waals surface area contributed by atoms with Crippen molar-refractivity contribution in [1.82, 2.24) is 15.1 Å². The van der Waals surface area contributed by atoms with Gasteiger partial charge in [0.05, 0.1) is 6.20 Å². The van der Waals surface area contributed by atoms with E-state index in [9.17, 15) is 0 Å². The lowest BCUT2D eigenvalue weighted by molar-refractivity contribution is 0.293. The first-order valence-corrected chi connectivity index (χ1v) is 6.92. The quantitative estimate of drug-likeness (QED) is 0.814. The van der Waals surface area contributed by atoms with Crippen molar-refractivity contribution in [2.24, 2.45) is 24.8 Å². The van der Waals surface area contributed by atoms with Crippen LogP contribution in [0.3, 0.4) is 0 Å². The summed E-state index contributed by atoms with van der Waals surface area (Å²) in [5.74, 6) is 2.94. The minimum absolute atomic E-state index is 0.652. The SMILES string of the molecule is CNC(Cc1cnn(C)c1)C(C1CC1)C1CC1. The summed E-state index contributed by atoms with van der Waals surface area (Å²) in [4.78, 5) is 0. The summed E-state index contributed by atoms with van der Waals surface area (Å²) < 4.78 is 1.91. The van der Waals surface area contributed by atoms with E-state index in [-0.39, 0.29) is 0 Å². The Morgan fingerprint density at radius 3 is 2.41 bits per heavy atom. The summed E-state index contributed by atoms with van der Waals surface area (Å²) in [5.41, 5.74) is 1.37. The number of likely N-dealkylation sites (N-methyl/N-ethyl adjacent to an activating group) is 1. The van der Waals surface area contributed by atoms with Gasteiger partial charge >= 0.3 is 0 Å². The van der Waals surface area contributed by atoms with Gasteiger partial charge in [-0.15, -0.1) is 0 Å². The van der Waals surface area contributed by atoms with E-state index in [4.69, 9.17) is 0 Å². The summed E-state index contributed by atoms with van der Waals surface area (Å²) in [5, 5.41) is 7.84. The van der Waals surface area contributed by atoms with Crippen molar-refractivity contribution in [1.29, 1.82) is 0 Å². The van der Waals surface area contributed by atoms with E-state index < -0.39 is 0 Å². The summed E-state index contributed by atoms with van der Waals surface area (Å²) in [6.45, 7) is 0. The van der Waals surface area contributed by atoms with Crippen LogP contribution >= 0.6 is 0 Å². The molecule has 1 aromatic rings. The molecule has 0 aliphatic heterocycles. The van der Waals surface area contributed by atoms with Gasteiger partial charge in [-0.05, 0) is 62.5 Å². The highest BCUT2D eigenvalue weighted by molar-refractivity contribution is 5.09. The Labute approximate surface area is 104 Å². The van der Waals surface area contributed by atoms with Gasteiger partial charge in [-0.1, -0.05) is 0 Å². The largest absolute Gasteiger partial charge is 0.316 e. The number of aromatic nitrogens is 2. The van der Waals surface area contributed by atoms with Crippen molar-refractivity contribution in [2.75, 3.05) is 7.05 Å². The van der Waals surface area contributed by atoms with Gasteiger partial charge in [-0.2, -0.15) is 5.10 Å². The van der Waals surface area contributed by atoms with Gasteiger partial charge in [0.15, 0.2) is 0 Å². The maximum Gasteiger partial charge on any atom is 0.0522 e. The number of hydrogen-bond donors (Lipinski definition) is 1. The maximum absolute atomic E-state index is 4.27. The number of nitrogens with zero attached hydrogens (tertiary/aromatic N) is 2. The second-order valence-electron chi connectivity index (χ2n) is 5.87. The van der Waals surface area contributed by atoms with Gasteiger partial charge < -0.3 is 5.32 Å². The predicted molar refractivity (Wildman–Crippen MR) is 68.7 cm³/mol. The maximum atomic E-state index is 4.27. The number of rotatable bonds is 6. The van der Waals surface area contributed by atoms with Gasteiger partial charge in [0.1, 0.15) is 0 Å². The highest BCUT2D eigenvalue weighted by Crippen LogP contribution is 2.51. The molecule has 3 heteroatoms. The van der Waals surface area contributed by atoms with Crippen LogP contribution in [0.5, 0.6) is 0 Å². The van der Waals surface area contributed by atoms with Crippen molar-refractivity contribution in [3.05, 3.63) is 18.0 Å². The predicted octanol–water partition coefficient (Wildman–Crippen LogP) is 1.99. The Hall–Kier alpha value is -0.830. The van der Waals surface area contributed by atoms with Gasteiger partial charge in [0.2, 0.25) is 0 Å². The Balaban J connectivity index is 1.68. The third-order valence-corrected chi connectivity index (χ3v) is 4.38. The van der Waals surface area contributed by atoms with Gasteiger partial charge in [0, 0.05) is 19.3 Å². The summed E-state index contributed by atoms with van der Waals surface area (Å²) >= 11 is 0. The molecule has 3 nitrogen and oxygen atoms in total. The smallest absolute Gasteiger partial charge is 0.0522 e. The Morgan fingerprint density at radius 1 is 1.35 bits per heavy atom. The Bertz CT molecular complexity index is 365. The van der Waals surface area contributed by atoms with Gasteiger partial charge in [0.25, 0.3) is 0 Å². The first-order chi connectivity index (χ1) is 8.28. The van der Waals surface area contributed by atoms with Crippen LogP contribution in [0.25, 0.3) is 0 Å². The molecule has 17 heavy (non-hydrogen) atoms. The third-order valence-electron chi connectivity index (χ3n) is 4.38. The molecule has 94 valence electrons. The average molecular weight is 233 g/mol. The fourth-order valence-corrected chi connectivity index (χ4v) is 3.27. The molecule has 0 spiro atoms. The van der Waals surface area contributed by atoms with Crippen molar-refractivity contribution in [2.45, 2.75) is 38.1 Å². The zero-order chi connectivity index (χ0) is 11.8. The number of nitrogens with one attached hydrogen (secondary N) is 1. The molecule has 1 heterocycles. The number of aryl methyl sites for hydroxylation is 1. The molecule has 1 N–H and O–H groups in total. The van der Waals surface area contributed by atoms with Crippen LogP contribution < -0.4 is 5.32 Å². The third kappa shape index (κ3) is 2.54. The topological polar surface area (TPSA) is 29.9 Å². The lowest BCUT2D eigenvalue weighted by atomic mass is 9.86. The van der Waals surface area contributed by atoms with Crippen LogP contribution in [0, 0.1) is 17.8 Å². The molecule has 2 fully saturated rings. The summed E-state index contributed by atoms with van der Waals surface area (Å²) in [6, 6.07) is 0.652. The van der Waals surface area contributed by atoms with Crippen molar-refractivity contribution in [3.63, 3.8) is 0 Å². The number of hydrogen-bond acceptors (Lipinski definition) is 2. The van der Waals surface area contributed by atoms with Gasteiger partial charge in [-0.3, -0.25) is 4.68 Å². The highest BCUT2D eigenvalue weighted by Gasteiger charge is 2.44.